The Labute approximate surface area is 183 Å². The fraction of sp³-hybridized carbons (Fsp3) is 0.120. The molecule has 0 bridgehead atoms. The van der Waals surface area contributed by atoms with Crippen molar-refractivity contribution in [2.45, 2.75) is 12.3 Å². The first-order valence-electron chi connectivity index (χ1n) is 9.76. The Morgan fingerprint density at radius 3 is 2.40 bits per heavy atom. The summed E-state index contributed by atoms with van der Waals surface area (Å²) in [4.78, 5) is 18.7. The molecule has 1 aliphatic heterocycles. The summed E-state index contributed by atoms with van der Waals surface area (Å²) in [6.45, 7) is 0. The van der Waals surface area contributed by atoms with Crippen LogP contribution in [0.2, 0.25) is 5.02 Å². The van der Waals surface area contributed by atoms with E-state index in [4.69, 9.17) is 16.3 Å². The standard InChI is InChI=1S/C25H18ClNO2S/c26-19-13-7-12-18(15-19)21-20(14-16-8-3-1-4-9-16)25(28)29-23-22(21)30-24(27-23)17-10-5-2-6-11-17/h1-13,15,20-21H,14H2/t20-,21+/m0/s1. The van der Waals surface area contributed by atoms with E-state index in [2.05, 4.69) is 4.98 Å². The van der Waals surface area contributed by atoms with Crippen molar-refractivity contribution < 1.29 is 9.53 Å². The van der Waals surface area contributed by atoms with Crippen LogP contribution in [0.5, 0.6) is 5.88 Å². The molecule has 5 rings (SSSR count). The van der Waals surface area contributed by atoms with Crippen molar-refractivity contribution >= 4 is 28.9 Å². The Kier molecular flexibility index (Phi) is 5.11. The van der Waals surface area contributed by atoms with Crippen LogP contribution in [0.25, 0.3) is 10.6 Å². The maximum absolute atomic E-state index is 13.1. The molecule has 0 fully saturated rings. The van der Waals surface area contributed by atoms with Crippen molar-refractivity contribution in [3.05, 3.63) is 106 Å². The number of esters is 1. The molecule has 0 unspecified atom stereocenters. The highest BCUT2D eigenvalue weighted by Gasteiger charge is 2.41. The SMILES string of the molecule is O=C1Oc2nc(-c3ccccc3)sc2[C@H](c2cccc(Cl)c2)[C@@H]1Cc1ccccc1. The lowest BCUT2D eigenvalue weighted by Gasteiger charge is -2.29. The predicted molar refractivity (Wildman–Crippen MR) is 120 cm³/mol. The molecule has 0 saturated heterocycles. The Morgan fingerprint density at radius 1 is 0.933 bits per heavy atom. The molecular formula is C25H18ClNO2S. The minimum absolute atomic E-state index is 0.157. The van der Waals surface area contributed by atoms with Crippen molar-refractivity contribution in [3.8, 4) is 16.5 Å². The highest BCUT2D eigenvalue weighted by Crippen LogP contribution is 2.48. The Morgan fingerprint density at radius 2 is 1.67 bits per heavy atom. The molecule has 148 valence electrons. The van der Waals surface area contributed by atoms with E-state index in [0.29, 0.717) is 17.3 Å². The quantitative estimate of drug-likeness (QED) is 0.352. The van der Waals surface area contributed by atoms with Crippen LogP contribution >= 0.6 is 22.9 Å². The van der Waals surface area contributed by atoms with Gasteiger partial charge in [0, 0.05) is 16.5 Å². The average Bonchev–Trinajstić information content (AvgIpc) is 3.19. The summed E-state index contributed by atoms with van der Waals surface area (Å²) in [5.74, 6) is -0.336. The zero-order valence-corrected chi connectivity index (χ0v) is 17.6. The Bertz CT molecular complexity index is 1190. The highest BCUT2D eigenvalue weighted by molar-refractivity contribution is 7.15. The van der Waals surface area contributed by atoms with Gasteiger partial charge in [0.05, 0.1) is 10.8 Å². The number of hydrogen-bond acceptors (Lipinski definition) is 4. The molecule has 1 aromatic heterocycles. The molecular weight excluding hydrogens is 414 g/mol. The van der Waals surface area contributed by atoms with Crippen molar-refractivity contribution in [2.24, 2.45) is 5.92 Å². The number of rotatable bonds is 4. The first kappa shape index (κ1) is 19.0. The van der Waals surface area contributed by atoms with Crippen LogP contribution in [0.4, 0.5) is 0 Å². The minimum Gasteiger partial charge on any atom is -0.406 e. The molecule has 0 spiro atoms. The molecule has 3 aromatic carbocycles. The summed E-state index contributed by atoms with van der Waals surface area (Å²) >= 11 is 7.89. The van der Waals surface area contributed by atoms with Gasteiger partial charge in [0.15, 0.2) is 0 Å². The number of ether oxygens (including phenoxy) is 1. The topological polar surface area (TPSA) is 39.2 Å². The zero-order chi connectivity index (χ0) is 20.5. The van der Waals surface area contributed by atoms with E-state index >= 15 is 0 Å². The minimum atomic E-state index is -0.345. The Hall–Kier alpha value is -2.95. The van der Waals surface area contributed by atoms with Crippen LogP contribution in [0.1, 0.15) is 21.9 Å². The van der Waals surface area contributed by atoms with E-state index < -0.39 is 0 Å². The third-order valence-corrected chi connectivity index (χ3v) is 6.74. The van der Waals surface area contributed by atoms with Crippen LogP contribution in [-0.2, 0) is 11.2 Å². The van der Waals surface area contributed by atoms with E-state index in [1.54, 1.807) is 11.3 Å². The van der Waals surface area contributed by atoms with E-state index in [0.717, 1.165) is 26.6 Å². The predicted octanol–water partition coefficient (Wildman–Crippen LogP) is 6.37. The molecule has 30 heavy (non-hydrogen) atoms. The fourth-order valence-corrected chi connectivity index (χ4v) is 5.33. The summed E-state index contributed by atoms with van der Waals surface area (Å²) < 4.78 is 5.73. The van der Waals surface area contributed by atoms with Gasteiger partial charge in [-0.3, -0.25) is 4.79 Å². The van der Waals surface area contributed by atoms with Crippen LogP contribution < -0.4 is 4.74 Å². The summed E-state index contributed by atoms with van der Waals surface area (Å²) in [5.41, 5.74) is 3.12. The molecule has 2 atom stereocenters. The van der Waals surface area contributed by atoms with E-state index in [1.165, 1.54) is 0 Å². The van der Waals surface area contributed by atoms with E-state index in [1.807, 2.05) is 84.9 Å². The maximum Gasteiger partial charge on any atom is 0.317 e. The first-order chi connectivity index (χ1) is 14.7. The molecule has 5 heteroatoms. The molecule has 2 heterocycles. The van der Waals surface area contributed by atoms with Gasteiger partial charge < -0.3 is 4.74 Å². The van der Waals surface area contributed by atoms with Gasteiger partial charge in [-0.15, -0.1) is 11.3 Å². The maximum atomic E-state index is 13.1. The number of aromatic nitrogens is 1. The van der Waals surface area contributed by atoms with Gasteiger partial charge in [0.1, 0.15) is 5.01 Å². The Balaban J connectivity index is 1.62. The zero-order valence-electron chi connectivity index (χ0n) is 16.0. The molecule has 0 amide bonds. The summed E-state index contributed by atoms with van der Waals surface area (Å²) in [6, 6.07) is 27.7. The van der Waals surface area contributed by atoms with Crippen LogP contribution in [-0.4, -0.2) is 11.0 Å². The number of hydrogen-bond donors (Lipinski definition) is 0. The second kappa shape index (κ2) is 8.05. The number of halogens is 1. The van der Waals surface area contributed by atoms with Crippen LogP contribution in [0, 0.1) is 5.92 Å². The van der Waals surface area contributed by atoms with Gasteiger partial charge >= 0.3 is 5.97 Å². The molecule has 0 radical (unpaired) electrons. The second-order valence-electron chi connectivity index (χ2n) is 7.30. The monoisotopic (exact) mass is 431 g/mol. The average molecular weight is 432 g/mol. The van der Waals surface area contributed by atoms with Crippen molar-refractivity contribution in [2.75, 3.05) is 0 Å². The summed E-state index contributed by atoms with van der Waals surface area (Å²) in [6.07, 6.45) is 0.592. The molecule has 0 N–H and O–H groups in total. The lowest BCUT2D eigenvalue weighted by molar-refractivity contribution is -0.140. The molecule has 0 saturated carbocycles. The number of benzene rings is 3. The van der Waals surface area contributed by atoms with Crippen LogP contribution in [0.3, 0.4) is 0 Å². The van der Waals surface area contributed by atoms with Crippen LogP contribution in [0.15, 0.2) is 84.9 Å². The third-order valence-electron chi connectivity index (χ3n) is 5.33. The van der Waals surface area contributed by atoms with Gasteiger partial charge in [0.2, 0.25) is 5.88 Å². The lowest BCUT2D eigenvalue weighted by atomic mass is 9.80. The second-order valence-corrected chi connectivity index (χ2v) is 8.77. The van der Waals surface area contributed by atoms with Gasteiger partial charge in [-0.1, -0.05) is 84.4 Å². The van der Waals surface area contributed by atoms with Gasteiger partial charge in [-0.2, -0.15) is 0 Å². The van der Waals surface area contributed by atoms with Crippen molar-refractivity contribution in [3.63, 3.8) is 0 Å². The largest absolute Gasteiger partial charge is 0.406 e. The van der Waals surface area contributed by atoms with Crippen molar-refractivity contribution in [1.82, 2.24) is 4.98 Å². The van der Waals surface area contributed by atoms with E-state index in [9.17, 15) is 4.79 Å². The number of carbonyl (C=O) groups excluding carboxylic acids is 1. The number of carbonyl (C=O) groups is 1. The number of nitrogens with zero attached hydrogens (tertiary/aromatic N) is 1. The molecule has 3 nitrogen and oxygen atoms in total. The van der Waals surface area contributed by atoms with Gasteiger partial charge in [0.25, 0.3) is 0 Å². The number of thiazole rings is 1. The third kappa shape index (κ3) is 3.64. The molecule has 0 aliphatic carbocycles. The summed E-state index contributed by atoms with van der Waals surface area (Å²) in [7, 11) is 0. The lowest BCUT2D eigenvalue weighted by Crippen LogP contribution is -2.33. The first-order valence-corrected chi connectivity index (χ1v) is 11.0. The highest BCUT2D eigenvalue weighted by atomic mass is 35.5. The molecule has 4 aromatic rings. The number of fused-ring (bicyclic) bond motifs is 1. The van der Waals surface area contributed by atoms with Crippen molar-refractivity contribution in [1.29, 1.82) is 0 Å². The normalized spacial score (nSPS) is 18.0. The fourth-order valence-electron chi connectivity index (χ4n) is 3.93. The van der Waals surface area contributed by atoms with Gasteiger partial charge in [-0.25, -0.2) is 4.98 Å². The smallest absolute Gasteiger partial charge is 0.317 e. The summed E-state index contributed by atoms with van der Waals surface area (Å²) in [5, 5.41) is 1.50. The molecule has 1 aliphatic rings. The van der Waals surface area contributed by atoms with Gasteiger partial charge in [-0.05, 0) is 29.7 Å². The van der Waals surface area contributed by atoms with E-state index in [-0.39, 0.29) is 17.8 Å².